The third-order valence-electron chi connectivity index (χ3n) is 7.70. The standard InChI is InChI=1S/C32H45N3O7/c1-39-22-31(37)35-18-17-33(23-32(38,24-35)25-42-27-10-5-3-6-11-27)21-26-13-14-28(40-2)29(20-26)41-19-9-16-34-15-8-4-7-12-30(34)36/h3,5-6,10-11,13-14,20,38H,4,7-9,12,15-19,21-25H2,1-2H3/t32-/m0/s1. The smallest absolute Gasteiger partial charge is 0.248 e. The Balaban J connectivity index is 1.40. The van der Waals surface area contributed by atoms with Crippen LogP contribution in [-0.4, -0.2) is 111 Å². The molecule has 2 saturated heterocycles. The topological polar surface area (TPSA) is 101 Å². The summed E-state index contributed by atoms with van der Waals surface area (Å²) in [6.45, 7) is 4.04. The normalized spacial score (nSPS) is 20.1. The van der Waals surface area contributed by atoms with Crippen LogP contribution in [0.15, 0.2) is 48.5 Å². The summed E-state index contributed by atoms with van der Waals surface area (Å²) in [5.74, 6) is 2.02. The third kappa shape index (κ3) is 9.34. The number of carbonyl (C=O) groups is 2. The molecule has 2 fully saturated rings. The molecule has 1 atom stereocenters. The first-order valence-corrected chi connectivity index (χ1v) is 14.9. The molecule has 0 spiro atoms. The number of para-hydroxylation sites is 1. The summed E-state index contributed by atoms with van der Waals surface area (Å²) in [4.78, 5) is 30.8. The summed E-state index contributed by atoms with van der Waals surface area (Å²) in [6.07, 6.45) is 4.53. The lowest BCUT2D eigenvalue weighted by atomic mass is 10.0. The number of nitrogens with zero attached hydrogens (tertiary/aromatic N) is 3. The predicted molar refractivity (Wildman–Crippen MR) is 159 cm³/mol. The molecule has 2 aliphatic heterocycles. The first kappa shape index (κ1) is 31.6. The van der Waals surface area contributed by atoms with E-state index in [0.717, 1.165) is 37.8 Å². The Labute approximate surface area is 249 Å². The summed E-state index contributed by atoms with van der Waals surface area (Å²) < 4.78 is 22.7. The number of hydrogen-bond donors (Lipinski definition) is 1. The van der Waals surface area contributed by atoms with Crippen molar-refractivity contribution in [2.45, 2.75) is 44.2 Å². The first-order valence-electron chi connectivity index (χ1n) is 14.9. The van der Waals surface area contributed by atoms with E-state index in [4.69, 9.17) is 18.9 Å². The fourth-order valence-corrected chi connectivity index (χ4v) is 5.53. The summed E-state index contributed by atoms with van der Waals surface area (Å²) in [5.41, 5.74) is -0.289. The lowest BCUT2D eigenvalue weighted by Gasteiger charge is -2.33. The molecule has 1 N–H and O–H groups in total. The van der Waals surface area contributed by atoms with Gasteiger partial charge >= 0.3 is 0 Å². The fraction of sp³-hybridized carbons (Fsp3) is 0.562. The summed E-state index contributed by atoms with van der Waals surface area (Å²) >= 11 is 0. The van der Waals surface area contributed by atoms with Crippen LogP contribution >= 0.6 is 0 Å². The highest BCUT2D eigenvalue weighted by molar-refractivity contribution is 5.77. The Hall–Kier alpha value is -3.34. The van der Waals surface area contributed by atoms with Crippen molar-refractivity contribution in [1.29, 1.82) is 0 Å². The van der Waals surface area contributed by atoms with E-state index in [2.05, 4.69) is 4.90 Å². The highest BCUT2D eigenvalue weighted by Gasteiger charge is 2.37. The largest absolute Gasteiger partial charge is 0.493 e. The van der Waals surface area contributed by atoms with Gasteiger partial charge < -0.3 is 33.9 Å². The number of methoxy groups -OCH3 is 2. The molecular formula is C32H45N3O7. The fourth-order valence-electron chi connectivity index (χ4n) is 5.53. The summed E-state index contributed by atoms with van der Waals surface area (Å²) in [7, 11) is 3.11. The van der Waals surface area contributed by atoms with Gasteiger partial charge in [0, 0.05) is 52.8 Å². The van der Waals surface area contributed by atoms with Crippen LogP contribution in [0, 0.1) is 0 Å². The molecule has 10 heteroatoms. The average molecular weight is 584 g/mol. The lowest BCUT2D eigenvalue weighted by molar-refractivity contribution is -0.138. The van der Waals surface area contributed by atoms with Crippen LogP contribution in [0.5, 0.6) is 17.2 Å². The molecular weight excluding hydrogens is 538 g/mol. The molecule has 0 aliphatic carbocycles. The minimum atomic E-state index is -1.29. The molecule has 2 amide bonds. The maximum absolute atomic E-state index is 12.7. The van der Waals surface area contributed by atoms with E-state index in [1.807, 2.05) is 53.4 Å². The van der Waals surface area contributed by atoms with E-state index >= 15 is 0 Å². The average Bonchev–Trinajstić information content (AvgIpc) is 3.30. The summed E-state index contributed by atoms with van der Waals surface area (Å²) in [6, 6.07) is 15.2. The molecule has 0 bridgehead atoms. The van der Waals surface area contributed by atoms with Crippen molar-refractivity contribution in [2.24, 2.45) is 0 Å². The van der Waals surface area contributed by atoms with Gasteiger partial charge in [0.2, 0.25) is 11.8 Å². The van der Waals surface area contributed by atoms with Crippen molar-refractivity contribution in [2.75, 3.05) is 73.3 Å². The number of hydrogen-bond acceptors (Lipinski definition) is 8. The Morgan fingerprint density at radius 2 is 1.79 bits per heavy atom. The van der Waals surface area contributed by atoms with E-state index < -0.39 is 5.60 Å². The highest BCUT2D eigenvalue weighted by atomic mass is 16.5. The zero-order chi connectivity index (χ0) is 29.8. The molecule has 10 nitrogen and oxygen atoms in total. The van der Waals surface area contributed by atoms with Gasteiger partial charge in [0.1, 0.15) is 24.6 Å². The lowest BCUT2D eigenvalue weighted by Crippen LogP contribution is -2.52. The zero-order valence-electron chi connectivity index (χ0n) is 25.0. The number of likely N-dealkylation sites (tertiary alicyclic amines) is 1. The molecule has 230 valence electrons. The third-order valence-corrected chi connectivity index (χ3v) is 7.70. The van der Waals surface area contributed by atoms with E-state index in [1.165, 1.54) is 7.11 Å². The minimum absolute atomic E-state index is 0.0410. The number of β-amino-alcohol motifs (C(OH)–C–C–N with tert-alkyl or cyclic N) is 1. The van der Waals surface area contributed by atoms with Crippen molar-refractivity contribution >= 4 is 11.8 Å². The van der Waals surface area contributed by atoms with Gasteiger partial charge in [-0.3, -0.25) is 14.5 Å². The van der Waals surface area contributed by atoms with Crippen molar-refractivity contribution in [3.8, 4) is 17.2 Å². The molecule has 0 saturated carbocycles. The Kier molecular flexibility index (Phi) is 11.9. The van der Waals surface area contributed by atoms with Crippen LogP contribution in [0.25, 0.3) is 0 Å². The number of carbonyl (C=O) groups excluding carboxylic acids is 2. The van der Waals surface area contributed by atoms with Crippen LogP contribution in [-0.2, 0) is 20.9 Å². The molecule has 2 heterocycles. The van der Waals surface area contributed by atoms with Gasteiger partial charge in [-0.25, -0.2) is 0 Å². The summed E-state index contributed by atoms with van der Waals surface area (Å²) in [5, 5.41) is 11.7. The first-order chi connectivity index (χ1) is 20.4. The van der Waals surface area contributed by atoms with Crippen LogP contribution < -0.4 is 14.2 Å². The molecule has 0 aromatic heterocycles. The van der Waals surface area contributed by atoms with Gasteiger partial charge in [-0.1, -0.05) is 30.7 Å². The van der Waals surface area contributed by atoms with Crippen LogP contribution in [0.3, 0.4) is 0 Å². The monoisotopic (exact) mass is 583 g/mol. The van der Waals surface area contributed by atoms with E-state index in [1.54, 1.807) is 12.0 Å². The van der Waals surface area contributed by atoms with Crippen molar-refractivity contribution in [1.82, 2.24) is 14.7 Å². The second-order valence-corrected chi connectivity index (χ2v) is 11.2. The number of ether oxygens (including phenoxy) is 4. The number of benzene rings is 2. The van der Waals surface area contributed by atoms with Gasteiger partial charge in [-0.15, -0.1) is 0 Å². The Morgan fingerprint density at radius 3 is 2.57 bits per heavy atom. The molecule has 0 unspecified atom stereocenters. The molecule has 42 heavy (non-hydrogen) atoms. The van der Waals surface area contributed by atoms with Gasteiger partial charge in [0.15, 0.2) is 11.5 Å². The van der Waals surface area contributed by atoms with Crippen LogP contribution in [0.1, 0.15) is 37.7 Å². The molecule has 2 aliphatic rings. The van der Waals surface area contributed by atoms with Gasteiger partial charge in [-0.05, 0) is 49.1 Å². The minimum Gasteiger partial charge on any atom is -0.493 e. The molecule has 2 aromatic rings. The van der Waals surface area contributed by atoms with Gasteiger partial charge in [-0.2, -0.15) is 0 Å². The Morgan fingerprint density at radius 1 is 0.952 bits per heavy atom. The number of amides is 2. The van der Waals surface area contributed by atoms with Crippen molar-refractivity contribution in [3.05, 3.63) is 54.1 Å². The van der Waals surface area contributed by atoms with Crippen LogP contribution in [0.4, 0.5) is 0 Å². The molecule has 2 aromatic carbocycles. The zero-order valence-corrected chi connectivity index (χ0v) is 25.0. The second kappa shape index (κ2) is 15.8. The van der Waals surface area contributed by atoms with Gasteiger partial charge in [0.25, 0.3) is 0 Å². The van der Waals surface area contributed by atoms with E-state index in [0.29, 0.717) is 63.0 Å². The predicted octanol–water partition coefficient (Wildman–Crippen LogP) is 2.97. The maximum atomic E-state index is 12.7. The number of rotatable bonds is 13. The maximum Gasteiger partial charge on any atom is 0.248 e. The highest BCUT2D eigenvalue weighted by Crippen LogP contribution is 2.29. The quantitative estimate of drug-likeness (QED) is 0.360. The van der Waals surface area contributed by atoms with Crippen molar-refractivity contribution < 1.29 is 33.6 Å². The van der Waals surface area contributed by atoms with Crippen molar-refractivity contribution in [3.63, 3.8) is 0 Å². The SMILES string of the molecule is COCC(=O)N1CCN(Cc2ccc(OC)c(OCCCN3CCCCCC3=O)c2)C[C@@](O)(COc2ccccc2)C1. The molecule has 0 radical (unpaired) electrons. The number of aliphatic hydroxyl groups is 1. The second-order valence-electron chi connectivity index (χ2n) is 11.2. The van der Waals surface area contributed by atoms with E-state index in [9.17, 15) is 14.7 Å². The van der Waals surface area contributed by atoms with Crippen LogP contribution in [0.2, 0.25) is 0 Å². The molecule has 4 rings (SSSR count). The van der Waals surface area contributed by atoms with E-state index in [-0.39, 0.29) is 31.6 Å². The Bertz CT molecular complexity index is 1150. The van der Waals surface area contributed by atoms with Gasteiger partial charge in [0.05, 0.1) is 20.3 Å².